The van der Waals surface area contributed by atoms with E-state index in [4.69, 9.17) is 4.74 Å². The molecular weight excluding hydrogens is 180 g/mol. The van der Waals surface area contributed by atoms with E-state index in [0.29, 0.717) is 13.2 Å². The fourth-order valence-corrected chi connectivity index (χ4v) is 1.23. The predicted molar refractivity (Wildman–Crippen MR) is 57.4 cm³/mol. The highest BCUT2D eigenvalue weighted by molar-refractivity contribution is 5.74. The molecule has 2 amide bonds. The minimum atomic E-state index is 0.0192. The Labute approximate surface area is 86.6 Å². The van der Waals surface area contributed by atoms with Gasteiger partial charge in [-0.3, -0.25) is 0 Å². The summed E-state index contributed by atoms with van der Waals surface area (Å²) in [7, 11) is 1.63. The van der Waals surface area contributed by atoms with Crippen molar-refractivity contribution in [2.75, 3.05) is 33.4 Å². The lowest BCUT2D eigenvalue weighted by Gasteiger charge is -2.21. The second-order valence-electron chi connectivity index (χ2n) is 3.21. The minimum absolute atomic E-state index is 0.0192. The highest BCUT2D eigenvalue weighted by Gasteiger charge is 2.09. The number of nitrogens with one attached hydrogen (secondary N) is 1. The van der Waals surface area contributed by atoms with Crippen LogP contribution in [0.1, 0.15) is 26.7 Å². The molecule has 0 aliphatic rings. The van der Waals surface area contributed by atoms with Crippen LogP contribution < -0.4 is 5.32 Å². The maximum absolute atomic E-state index is 11.6. The second kappa shape index (κ2) is 8.81. The largest absolute Gasteiger partial charge is 0.383 e. The van der Waals surface area contributed by atoms with Crippen molar-refractivity contribution in [3.05, 3.63) is 0 Å². The van der Waals surface area contributed by atoms with E-state index in [1.165, 1.54) is 0 Å². The van der Waals surface area contributed by atoms with Gasteiger partial charge in [-0.2, -0.15) is 0 Å². The molecule has 0 aromatic rings. The van der Waals surface area contributed by atoms with Crippen LogP contribution in [-0.4, -0.2) is 44.3 Å². The number of methoxy groups -OCH3 is 1. The van der Waals surface area contributed by atoms with Gasteiger partial charge in [0.2, 0.25) is 0 Å². The van der Waals surface area contributed by atoms with Crippen molar-refractivity contribution in [2.24, 2.45) is 0 Å². The van der Waals surface area contributed by atoms with Crippen molar-refractivity contribution < 1.29 is 9.53 Å². The molecule has 0 saturated carbocycles. The lowest BCUT2D eigenvalue weighted by molar-refractivity contribution is 0.179. The molecule has 0 rings (SSSR count). The summed E-state index contributed by atoms with van der Waals surface area (Å²) in [6.07, 6.45) is 2.00. The summed E-state index contributed by atoms with van der Waals surface area (Å²) in [6.45, 7) is 6.95. The van der Waals surface area contributed by atoms with Gasteiger partial charge in [-0.25, -0.2) is 4.79 Å². The topological polar surface area (TPSA) is 41.6 Å². The van der Waals surface area contributed by atoms with Gasteiger partial charge in [0, 0.05) is 26.7 Å². The number of rotatable bonds is 7. The first-order valence-electron chi connectivity index (χ1n) is 5.27. The van der Waals surface area contributed by atoms with Crippen molar-refractivity contribution >= 4 is 6.03 Å². The quantitative estimate of drug-likeness (QED) is 0.635. The average Bonchev–Trinajstić information content (AvgIpc) is 2.18. The van der Waals surface area contributed by atoms with E-state index in [0.717, 1.165) is 25.9 Å². The number of carbonyl (C=O) groups is 1. The fraction of sp³-hybridized carbons (Fsp3) is 0.900. The van der Waals surface area contributed by atoms with E-state index in [1.54, 1.807) is 7.11 Å². The molecule has 0 aliphatic carbocycles. The first-order valence-corrected chi connectivity index (χ1v) is 5.27. The van der Waals surface area contributed by atoms with Crippen LogP contribution in [0.2, 0.25) is 0 Å². The van der Waals surface area contributed by atoms with Crippen molar-refractivity contribution in [2.45, 2.75) is 26.7 Å². The number of carbonyl (C=O) groups excluding carboxylic acids is 1. The van der Waals surface area contributed by atoms with Gasteiger partial charge in [-0.1, -0.05) is 13.8 Å². The smallest absolute Gasteiger partial charge is 0.317 e. The van der Waals surface area contributed by atoms with Crippen molar-refractivity contribution in [1.29, 1.82) is 0 Å². The Kier molecular flexibility index (Phi) is 8.33. The number of hydrogen-bond acceptors (Lipinski definition) is 2. The first kappa shape index (κ1) is 13.2. The van der Waals surface area contributed by atoms with Gasteiger partial charge in [-0.15, -0.1) is 0 Å². The summed E-state index contributed by atoms with van der Waals surface area (Å²) in [5.41, 5.74) is 0. The maximum atomic E-state index is 11.6. The standard InChI is InChI=1S/C10H22N2O2/c1-4-7-12(8-5-2)10(13)11-6-9-14-3/h4-9H2,1-3H3,(H,11,13). The van der Waals surface area contributed by atoms with E-state index < -0.39 is 0 Å². The number of hydrogen-bond donors (Lipinski definition) is 1. The molecule has 1 N–H and O–H groups in total. The number of urea groups is 1. The van der Waals surface area contributed by atoms with Crippen molar-refractivity contribution in [3.8, 4) is 0 Å². The Bertz CT molecular complexity index is 145. The summed E-state index contributed by atoms with van der Waals surface area (Å²) in [4.78, 5) is 13.4. The summed E-state index contributed by atoms with van der Waals surface area (Å²) in [5, 5.41) is 2.82. The van der Waals surface area contributed by atoms with Crippen LogP contribution >= 0.6 is 0 Å². The Hall–Kier alpha value is -0.770. The molecule has 0 fully saturated rings. The molecule has 0 aliphatic heterocycles. The Balaban J connectivity index is 3.76. The molecule has 0 aromatic carbocycles. The summed E-state index contributed by atoms with van der Waals surface area (Å²) in [5.74, 6) is 0. The second-order valence-corrected chi connectivity index (χ2v) is 3.21. The molecule has 0 saturated heterocycles. The lowest BCUT2D eigenvalue weighted by Crippen LogP contribution is -2.41. The highest BCUT2D eigenvalue weighted by Crippen LogP contribution is 1.94. The van der Waals surface area contributed by atoms with Gasteiger partial charge in [0.05, 0.1) is 6.61 Å². The SMILES string of the molecule is CCCN(CCC)C(=O)NCCOC. The summed E-state index contributed by atoms with van der Waals surface area (Å²) in [6, 6.07) is 0.0192. The van der Waals surface area contributed by atoms with Gasteiger partial charge in [0.25, 0.3) is 0 Å². The van der Waals surface area contributed by atoms with Crippen molar-refractivity contribution in [1.82, 2.24) is 10.2 Å². The normalized spacial score (nSPS) is 9.93. The molecular formula is C10H22N2O2. The van der Waals surface area contributed by atoms with E-state index in [-0.39, 0.29) is 6.03 Å². The van der Waals surface area contributed by atoms with Gasteiger partial charge in [-0.05, 0) is 12.8 Å². The van der Waals surface area contributed by atoms with E-state index in [9.17, 15) is 4.79 Å². The number of ether oxygens (including phenoxy) is 1. The van der Waals surface area contributed by atoms with E-state index in [1.807, 2.05) is 4.90 Å². The van der Waals surface area contributed by atoms with E-state index in [2.05, 4.69) is 19.2 Å². The van der Waals surface area contributed by atoms with Crippen LogP contribution in [-0.2, 0) is 4.74 Å². The van der Waals surface area contributed by atoms with Crippen LogP contribution in [0.15, 0.2) is 0 Å². The van der Waals surface area contributed by atoms with Gasteiger partial charge in [0.1, 0.15) is 0 Å². The third-order valence-electron chi connectivity index (χ3n) is 1.86. The lowest BCUT2D eigenvalue weighted by atomic mass is 10.4. The number of amides is 2. The van der Waals surface area contributed by atoms with Gasteiger partial charge in [0.15, 0.2) is 0 Å². The Morgan fingerprint density at radius 3 is 2.29 bits per heavy atom. The third kappa shape index (κ3) is 5.80. The zero-order chi connectivity index (χ0) is 10.8. The van der Waals surface area contributed by atoms with Gasteiger partial charge < -0.3 is 15.0 Å². The monoisotopic (exact) mass is 202 g/mol. The molecule has 0 unspecified atom stereocenters. The van der Waals surface area contributed by atoms with Crippen molar-refractivity contribution in [3.63, 3.8) is 0 Å². The Morgan fingerprint density at radius 1 is 1.29 bits per heavy atom. The first-order chi connectivity index (χ1) is 6.76. The van der Waals surface area contributed by atoms with Crippen LogP contribution in [0.3, 0.4) is 0 Å². The fourth-order valence-electron chi connectivity index (χ4n) is 1.23. The van der Waals surface area contributed by atoms with E-state index >= 15 is 0 Å². The molecule has 84 valence electrons. The summed E-state index contributed by atoms with van der Waals surface area (Å²) < 4.78 is 4.86. The van der Waals surface area contributed by atoms with Crippen LogP contribution in [0.5, 0.6) is 0 Å². The predicted octanol–water partition coefficient (Wildman–Crippen LogP) is 1.46. The zero-order valence-corrected chi connectivity index (χ0v) is 9.51. The number of nitrogens with zero attached hydrogens (tertiary/aromatic N) is 1. The third-order valence-corrected chi connectivity index (χ3v) is 1.86. The van der Waals surface area contributed by atoms with Crippen LogP contribution in [0.4, 0.5) is 4.79 Å². The summed E-state index contributed by atoms with van der Waals surface area (Å²) >= 11 is 0. The molecule has 0 radical (unpaired) electrons. The average molecular weight is 202 g/mol. The molecule has 14 heavy (non-hydrogen) atoms. The molecule has 0 heterocycles. The van der Waals surface area contributed by atoms with Crippen LogP contribution in [0, 0.1) is 0 Å². The zero-order valence-electron chi connectivity index (χ0n) is 9.51. The van der Waals surface area contributed by atoms with Crippen LogP contribution in [0.25, 0.3) is 0 Å². The minimum Gasteiger partial charge on any atom is -0.383 e. The van der Waals surface area contributed by atoms with Gasteiger partial charge >= 0.3 is 6.03 Å². The molecule has 0 spiro atoms. The molecule has 4 nitrogen and oxygen atoms in total. The maximum Gasteiger partial charge on any atom is 0.317 e. The molecule has 4 heteroatoms. The Morgan fingerprint density at radius 2 is 1.86 bits per heavy atom. The molecule has 0 aromatic heterocycles. The molecule has 0 atom stereocenters. The molecule has 0 bridgehead atoms. The highest BCUT2D eigenvalue weighted by atomic mass is 16.5.